The molecule has 1 saturated heterocycles. The number of nitrogens with zero attached hydrogens (tertiary/aromatic N) is 2. The van der Waals surface area contributed by atoms with Crippen molar-refractivity contribution in [3.63, 3.8) is 0 Å². The lowest BCUT2D eigenvalue weighted by Crippen LogP contribution is -2.44. The van der Waals surface area contributed by atoms with Crippen molar-refractivity contribution in [1.29, 1.82) is 5.26 Å². The summed E-state index contributed by atoms with van der Waals surface area (Å²) in [6.07, 6.45) is 1.50. The fraction of sp³-hybridized carbons (Fsp3) is 0.625. The number of nitriles is 1. The van der Waals surface area contributed by atoms with Crippen molar-refractivity contribution in [3.05, 3.63) is 11.8 Å². The zero-order valence-corrected chi connectivity index (χ0v) is 7.21. The molecule has 0 bridgehead atoms. The van der Waals surface area contributed by atoms with Gasteiger partial charge in [0.2, 0.25) is 0 Å². The Morgan fingerprint density at radius 3 is 2.83 bits per heavy atom. The summed E-state index contributed by atoms with van der Waals surface area (Å²) in [7, 11) is 0. The van der Waals surface area contributed by atoms with Crippen LogP contribution in [0.4, 0.5) is 0 Å². The van der Waals surface area contributed by atoms with E-state index in [9.17, 15) is 0 Å². The Hall–Kier alpha value is -1.05. The van der Waals surface area contributed by atoms with E-state index in [1.165, 1.54) is 6.08 Å². The quantitative estimate of drug-likeness (QED) is 0.599. The van der Waals surface area contributed by atoms with E-state index in [0.717, 1.165) is 32.0 Å². The van der Waals surface area contributed by atoms with Crippen molar-refractivity contribution >= 4 is 0 Å². The van der Waals surface area contributed by atoms with Crippen LogP contribution >= 0.6 is 0 Å². The van der Waals surface area contributed by atoms with Gasteiger partial charge in [0.05, 0.1) is 19.3 Å². The van der Waals surface area contributed by atoms with Gasteiger partial charge in [0.15, 0.2) is 0 Å². The summed E-state index contributed by atoms with van der Waals surface area (Å²) in [5.74, 6) is 0. The molecule has 1 heterocycles. The molecule has 1 rings (SSSR count). The van der Waals surface area contributed by atoms with E-state index < -0.39 is 0 Å². The summed E-state index contributed by atoms with van der Waals surface area (Å²) in [5.41, 5.74) is 3.99. The fourth-order valence-electron chi connectivity index (χ4n) is 1.05. The number of nitrogens with one attached hydrogen (secondary N) is 1. The predicted octanol–water partition coefficient (Wildman–Crippen LogP) is 0.251. The number of ether oxygens (including phenoxy) is 1. The maximum absolute atomic E-state index is 8.36. The second-order valence-corrected chi connectivity index (χ2v) is 2.67. The third kappa shape index (κ3) is 2.91. The molecule has 0 saturated carbocycles. The lowest BCUT2D eigenvalue weighted by Gasteiger charge is -2.27. The van der Waals surface area contributed by atoms with Crippen LogP contribution in [0.5, 0.6) is 0 Å². The molecule has 4 heteroatoms. The van der Waals surface area contributed by atoms with Crippen LogP contribution in [0.1, 0.15) is 6.92 Å². The summed E-state index contributed by atoms with van der Waals surface area (Å²) in [5, 5.41) is 10.4. The summed E-state index contributed by atoms with van der Waals surface area (Å²) in [6.45, 7) is 5.13. The smallest absolute Gasteiger partial charge is 0.0930 e. The van der Waals surface area contributed by atoms with E-state index in [-0.39, 0.29) is 0 Å². The second-order valence-electron chi connectivity index (χ2n) is 2.67. The molecule has 1 fully saturated rings. The number of rotatable bonds is 2. The maximum atomic E-state index is 8.36. The van der Waals surface area contributed by atoms with E-state index in [1.807, 2.05) is 18.0 Å². The minimum atomic E-state index is 0.757. The van der Waals surface area contributed by atoms with E-state index in [4.69, 9.17) is 10.00 Å². The van der Waals surface area contributed by atoms with Crippen LogP contribution in [0.2, 0.25) is 0 Å². The molecule has 0 aromatic heterocycles. The molecule has 1 aliphatic rings. The lowest BCUT2D eigenvalue weighted by atomic mass is 10.4. The third-order valence-electron chi connectivity index (χ3n) is 1.63. The first-order chi connectivity index (χ1) is 5.83. The molecule has 0 amide bonds. The molecule has 4 nitrogen and oxygen atoms in total. The van der Waals surface area contributed by atoms with Crippen LogP contribution in [0.25, 0.3) is 0 Å². The van der Waals surface area contributed by atoms with E-state index >= 15 is 0 Å². The molecule has 0 spiro atoms. The molecule has 0 radical (unpaired) electrons. The van der Waals surface area contributed by atoms with Gasteiger partial charge in [-0.1, -0.05) is 0 Å². The highest BCUT2D eigenvalue weighted by molar-refractivity contribution is 5.08. The van der Waals surface area contributed by atoms with Crippen LogP contribution in [-0.4, -0.2) is 31.3 Å². The molecule has 12 heavy (non-hydrogen) atoms. The normalized spacial score (nSPS) is 20.2. The number of allylic oxidation sites excluding steroid dienone is 2. The van der Waals surface area contributed by atoms with Crippen molar-refractivity contribution < 1.29 is 4.74 Å². The van der Waals surface area contributed by atoms with Crippen LogP contribution in [-0.2, 0) is 4.74 Å². The number of hydrogen-bond donors (Lipinski definition) is 1. The molecule has 0 atom stereocenters. The number of hydrazine groups is 1. The Balaban J connectivity index is 2.30. The van der Waals surface area contributed by atoms with Crippen LogP contribution in [0.15, 0.2) is 11.8 Å². The standard InChI is InChI=1S/C8H13N3O/c1-8(2-3-9)10-11-4-6-12-7-5-11/h2,10H,4-7H2,1H3/b8-2+. The Kier molecular flexibility index (Phi) is 3.58. The summed E-state index contributed by atoms with van der Waals surface area (Å²) in [4.78, 5) is 0. The SMILES string of the molecule is C/C(=C\C#N)NN1CCOCC1. The highest BCUT2D eigenvalue weighted by Crippen LogP contribution is 1.95. The van der Waals surface area contributed by atoms with E-state index in [0.29, 0.717) is 0 Å². The second kappa shape index (κ2) is 4.75. The third-order valence-corrected chi connectivity index (χ3v) is 1.63. The molecule has 1 aliphatic heterocycles. The topological polar surface area (TPSA) is 48.3 Å². The van der Waals surface area contributed by atoms with Crippen LogP contribution in [0, 0.1) is 11.3 Å². The van der Waals surface area contributed by atoms with Gasteiger partial charge < -0.3 is 10.2 Å². The Bertz CT molecular complexity index is 201. The van der Waals surface area contributed by atoms with Gasteiger partial charge >= 0.3 is 0 Å². The first-order valence-electron chi connectivity index (χ1n) is 3.98. The largest absolute Gasteiger partial charge is 0.379 e. The summed E-state index contributed by atoms with van der Waals surface area (Å²) < 4.78 is 5.18. The molecular weight excluding hydrogens is 154 g/mol. The minimum absolute atomic E-state index is 0.757. The first-order valence-corrected chi connectivity index (χ1v) is 3.98. The van der Waals surface area contributed by atoms with Gasteiger partial charge in [0.1, 0.15) is 0 Å². The summed E-state index contributed by atoms with van der Waals surface area (Å²) in [6, 6.07) is 1.97. The Morgan fingerprint density at radius 2 is 2.25 bits per heavy atom. The number of morpholine rings is 1. The molecule has 66 valence electrons. The Morgan fingerprint density at radius 1 is 1.58 bits per heavy atom. The van der Waals surface area contributed by atoms with Crippen molar-refractivity contribution in [2.24, 2.45) is 0 Å². The first kappa shape index (κ1) is 9.04. The van der Waals surface area contributed by atoms with Gasteiger partial charge in [-0.15, -0.1) is 0 Å². The van der Waals surface area contributed by atoms with Gasteiger partial charge in [-0.2, -0.15) is 5.26 Å². The Labute approximate surface area is 72.4 Å². The van der Waals surface area contributed by atoms with Crippen molar-refractivity contribution in [3.8, 4) is 6.07 Å². The summed E-state index contributed by atoms with van der Waals surface area (Å²) >= 11 is 0. The lowest BCUT2D eigenvalue weighted by molar-refractivity contribution is 0.0187. The average molecular weight is 167 g/mol. The monoisotopic (exact) mass is 167 g/mol. The van der Waals surface area contributed by atoms with E-state index in [1.54, 1.807) is 0 Å². The van der Waals surface area contributed by atoms with Gasteiger partial charge in [0.25, 0.3) is 0 Å². The zero-order chi connectivity index (χ0) is 8.81. The van der Waals surface area contributed by atoms with Crippen molar-refractivity contribution in [2.45, 2.75) is 6.92 Å². The highest BCUT2D eigenvalue weighted by Gasteiger charge is 2.08. The average Bonchev–Trinajstić information content (AvgIpc) is 2.06. The zero-order valence-electron chi connectivity index (χ0n) is 7.21. The number of hydrogen-bond acceptors (Lipinski definition) is 4. The van der Waals surface area contributed by atoms with Gasteiger partial charge in [0, 0.05) is 24.9 Å². The molecular formula is C8H13N3O. The van der Waals surface area contributed by atoms with Gasteiger partial charge in [-0.05, 0) is 6.92 Å². The van der Waals surface area contributed by atoms with Crippen molar-refractivity contribution in [2.75, 3.05) is 26.3 Å². The fourth-order valence-corrected chi connectivity index (χ4v) is 1.05. The van der Waals surface area contributed by atoms with Gasteiger partial charge in [-0.25, -0.2) is 5.01 Å². The molecule has 0 aromatic rings. The highest BCUT2D eigenvalue weighted by atomic mass is 16.5. The van der Waals surface area contributed by atoms with Gasteiger partial charge in [-0.3, -0.25) is 0 Å². The van der Waals surface area contributed by atoms with Crippen molar-refractivity contribution in [1.82, 2.24) is 10.4 Å². The van der Waals surface area contributed by atoms with Crippen LogP contribution < -0.4 is 5.43 Å². The minimum Gasteiger partial charge on any atom is -0.379 e. The molecule has 1 N–H and O–H groups in total. The predicted molar refractivity (Wildman–Crippen MR) is 44.9 cm³/mol. The van der Waals surface area contributed by atoms with Crippen LogP contribution in [0.3, 0.4) is 0 Å². The molecule has 0 aliphatic carbocycles. The molecule has 0 aromatic carbocycles. The maximum Gasteiger partial charge on any atom is 0.0930 e. The molecule has 0 unspecified atom stereocenters. The van der Waals surface area contributed by atoms with E-state index in [2.05, 4.69) is 5.43 Å².